The molecule has 0 aromatic heterocycles. The van der Waals surface area contributed by atoms with Crippen molar-refractivity contribution in [1.29, 1.82) is 0 Å². The smallest absolute Gasteiger partial charge is 0.337 e. The Morgan fingerprint density at radius 1 is 1.16 bits per heavy atom. The predicted octanol–water partition coefficient (Wildman–Crippen LogP) is 2.51. The molecule has 1 aliphatic heterocycles. The first-order valence-corrected chi connectivity index (χ1v) is 11.8. The molecule has 3 rings (SSSR count). The molecule has 0 saturated carbocycles. The average Bonchev–Trinajstić information content (AvgIpc) is 3.31. The Balaban J connectivity index is 1.66. The highest BCUT2D eigenvalue weighted by molar-refractivity contribution is 7.89. The number of rotatable bonds is 11. The molecule has 1 heterocycles. The highest BCUT2D eigenvalue weighted by Crippen LogP contribution is 2.27. The third kappa shape index (κ3) is 5.90. The van der Waals surface area contributed by atoms with Gasteiger partial charge in [-0.3, -0.25) is 0 Å². The average molecular weight is 465 g/mol. The van der Waals surface area contributed by atoms with Crippen LogP contribution in [0.5, 0.6) is 11.5 Å². The zero-order chi connectivity index (χ0) is 23.1. The molecular formula is C22H28N2O7S. The summed E-state index contributed by atoms with van der Waals surface area (Å²) in [6.45, 7) is 1.31. The number of ether oxygens (including phenoxy) is 3. The van der Waals surface area contributed by atoms with Gasteiger partial charge < -0.3 is 24.6 Å². The lowest BCUT2D eigenvalue weighted by molar-refractivity contribution is 0.0697. The van der Waals surface area contributed by atoms with Crippen molar-refractivity contribution < 1.29 is 32.5 Å². The Labute approximate surface area is 187 Å². The molecule has 1 saturated heterocycles. The quantitative estimate of drug-likeness (QED) is 0.464. The molecule has 0 amide bonds. The van der Waals surface area contributed by atoms with Crippen LogP contribution in [0.2, 0.25) is 0 Å². The van der Waals surface area contributed by atoms with E-state index < -0.39 is 16.0 Å². The molecule has 9 nitrogen and oxygen atoms in total. The summed E-state index contributed by atoms with van der Waals surface area (Å²) in [5, 5.41) is 12.6. The summed E-state index contributed by atoms with van der Waals surface area (Å²) in [5.41, 5.74) is 1.12. The Hall–Kier alpha value is -2.82. The molecule has 0 bridgehead atoms. The van der Waals surface area contributed by atoms with Gasteiger partial charge in [0.1, 0.15) is 0 Å². The van der Waals surface area contributed by atoms with Crippen molar-refractivity contribution in [1.82, 2.24) is 4.72 Å². The minimum absolute atomic E-state index is 0.0262. The van der Waals surface area contributed by atoms with Crippen molar-refractivity contribution in [3.8, 4) is 11.5 Å². The summed E-state index contributed by atoms with van der Waals surface area (Å²) in [5.74, 6) is -0.0570. The van der Waals surface area contributed by atoms with Crippen LogP contribution in [0.3, 0.4) is 0 Å². The first kappa shape index (κ1) is 23.8. The highest BCUT2D eigenvalue weighted by Gasteiger charge is 2.20. The van der Waals surface area contributed by atoms with Crippen LogP contribution in [0.4, 0.5) is 5.69 Å². The van der Waals surface area contributed by atoms with Gasteiger partial charge in [0.05, 0.1) is 30.8 Å². The first-order chi connectivity index (χ1) is 15.3. The molecule has 10 heteroatoms. The maximum absolute atomic E-state index is 12.7. The standard InChI is InChI=1S/C22H28N2O7S/c1-29-20-8-5-15(12-21(20)30-2)9-10-24-32(27,28)17-6-7-19(18(13-17)22(25)26)23-14-16-4-3-11-31-16/h5-8,12-13,16,23-24H,3-4,9-11,14H2,1-2H3,(H,25,26). The SMILES string of the molecule is COc1ccc(CCNS(=O)(=O)c2ccc(NCC3CCCO3)c(C(=O)O)c2)cc1OC. The Morgan fingerprint density at radius 3 is 2.59 bits per heavy atom. The van der Waals surface area contributed by atoms with Crippen LogP contribution in [-0.4, -0.2) is 59.5 Å². The molecule has 1 unspecified atom stereocenters. The van der Waals surface area contributed by atoms with Crippen molar-refractivity contribution in [2.45, 2.75) is 30.3 Å². The Kier molecular flexibility index (Phi) is 7.94. The molecule has 2 aromatic rings. The maximum atomic E-state index is 12.7. The van der Waals surface area contributed by atoms with Gasteiger partial charge in [0.25, 0.3) is 0 Å². The molecule has 1 aliphatic rings. The third-order valence-corrected chi connectivity index (χ3v) is 6.69. The van der Waals surface area contributed by atoms with Gasteiger partial charge in [0, 0.05) is 25.4 Å². The molecule has 0 radical (unpaired) electrons. The summed E-state index contributed by atoms with van der Waals surface area (Å²) in [7, 11) is -0.811. The molecule has 0 spiro atoms. The minimum atomic E-state index is -3.88. The van der Waals surface area contributed by atoms with Gasteiger partial charge in [0.2, 0.25) is 10.0 Å². The summed E-state index contributed by atoms with van der Waals surface area (Å²) >= 11 is 0. The zero-order valence-corrected chi connectivity index (χ0v) is 18.9. The molecule has 0 aliphatic carbocycles. The predicted molar refractivity (Wildman–Crippen MR) is 119 cm³/mol. The topological polar surface area (TPSA) is 123 Å². The highest BCUT2D eigenvalue weighted by atomic mass is 32.2. The number of carbonyl (C=O) groups is 1. The van der Waals surface area contributed by atoms with E-state index in [1.807, 2.05) is 6.07 Å². The second-order valence-corrected chi connectivity index (χ2v) is 9.13. The van der Waals surface area contributed by atoms with Gasteiger partial charge in [-0.1, -0.05) is 6.07 Å². The van der Waals surface area contributed by atoms with Gasteiger partial charge in [-0.05, 0) is 55.2 Å². The monoisotopic (exact) mass is 464 g/mol. The van der Waals surface area contributed by atoms with Crippen LogP contribution in [0.15, 0.2) is 41.3 Å². The lowest BCUT2D eigenvalue weighted by Crippen LogP contribution is -2.26. The molecule has 1 fully saturated rings. The molecule has 3 N–H and O–H groups in total. The summed E-state index contributed by atoms with van der Waals surface area (Å²) in [6, 6.07) is 9.39. The largest absolute Gasteiger partial charge is 0.493 e. The first-order valence-electron chi connectivity index (χ1n) is 10.3. The van der Waals surface area contributed by atoms with Crippen LogP contribution in [0.25, 0.3) is 0 Å². The molecule has 32 heavy (non-hydrogen) atoms. The zero-order valence-electron chi connectivity index (χ0n) is 18.1. The Bertz CT molecular complexity index is 1050. The summed E-state index contributed by atoms with van der Waals surface area (Å²) < 4.78 is 43.9. The van der Waals surface area contributed by atoms with E-state index in [9.17, 15) is 18.3 Å². The van der Waals surface area contributed by atoms with E-state index in [0.717, 1.165) is 18.4 Å². The van der Waals surface area contributed by atoms with Crippen LogP contribution < -0.4 is 19.5 Å². The number of aromatic carboxylic acids is 1. The summed E-state index contributed by atoms with van der Waals surface area (Å²) in [6.07, 6.45) is 2.33. The summed E-state index contributed by atoms with van der Waals surface area (Å²) in [4.78, 5) is 11.6. The van der Waals surface area contributed by atoms with E-state index in [4.69, 9.17) is 14.2 Å². The van der Waals surface area contributed by atoms with Crippen molar-refractivity contribution in [2.24, 2.45) is 0 Å². The number of nitrogens with one attached hydrogen (secondary N) is 2. The fourth-order valence-electron chi connectivity index (χ4n) is 3.50. The van der Waals surface area contributed by atoms with Gasteiger partial charge >= 0.3 is 5.97 Å². The third-order valence-electron chi connectivity index (χ3n) is 5.23. The fraction of sp³-hybridized carbons (Fsp3) is 0.409. The van der Waals surface area contributed by atoms with Crippen molar-refractivity contribution in [3.05, 3.63) is 47.5 Å². The van der Waals surface area contributed by atoms with Crippen LogP contribution in [0, 0.1) is 0 Å². The second kappa shape index (κ2) is 10.7. The number of carboxylic acid groups (broad SMARTS) is 1. The van der Waals surface area contributed by atoms with E-state index in [1.165, 1.54) is 25.3 Å². The molecule has 174 valence electrons. The van der Waals surface area contributed by atoms with E-state index >= 15 is 0 Å². The number of hydrogen-bond acceptors (Lipinski definition) is 7. The van der Waals surface area contributed by atoms with Gasteiger partial charge in [-0.2, -0.15) is 0 Å². The van der Waals surface area contributed by atoms with E-state index in [1.54, 1.807) is 19.2 Å². The number of anilines is 1. The van der Waals surface area contributed by atoms with Crippen molar-refractivity contribution in [2.75, 3.05) is 39.2 Å². The van der Waals surface area contributed by atoms with Gasteiger partial charge in [-0.15, -0.1) is 0 Å². The lowest BCUT2D eigenvalue weighted by Gasteiger charge is -2.15. The van der Waals surface area contributed by atoms with E-state index in [0.29, 0.717) is 36.8 Å². The number of benzene rings is 2. The second-order valence-electron chi connectivity index (χ2n) is 7.37. The Morgan fingerprint density at radius 2 is 1.94 bits per heavy atom. The molecule has 2 aromatic carbocycles. The number of hydrogen-bond donors (Lipinski definition) is 3. The van der Waals surface area contributed by atoms with E-state index in [-0.39, 0.29) is 23.1 Å². The minimum Gasteiger partial charge on any atom is -0.493 e. The van der Waals surface area contributed by atoms with Gasteiger partial charge in [-0.25, -0.2) is 17.9 Å². The van der Waals surface area contributed by atoms with Crippen LogP contribution >= 0.6 is 0 Å². The van der Waals surface area contributed by atoms with Crippen LogP contribution in [0.1, 0.15) is 28.8 Å². The van der Waals surface area contributed by atoms with Gasteiger partial charge in [0.15, 0.2) is 11.5 Å². The van der Waals surface area contributed by atoms with Crippen LogP contribution in [-0.2, 0) is 21.2 Å². The fourth-order valence-corrected chi connectivity index (χ4v) is 4.56. The molecule has 1 atom stereocenters. The lowest BCUT2D eigenvalue weighted by atomic mass is 10.1. The number of carboxylic acids is 1. The maximum Gasteiger partial charge on any atom is 0.337 e. The number of methoxy groups -OCH3 is 2. The molecular weight excluding hydrogens is 436 g/mol. The van der Waals surface area contributed by atoms with Crippen molar-refractivity contribution in [3.63, 3.8) is 0 Å². The normalized spacial score (nSPS) is 16.0. The number of sulfonamides is 1. The van der Waals surface area contributed by atoms with E-state index in [2.05, 4.69) is 10.0 Å². The van der Waals surface area contributed by atoms with Crippen molar-refractivity contribution >= 4 is 21.7 Å².